The summed E-state index contributed by atoms with van der Waals surface area (Å²) in [6, 6.07) is 0. The SMILES string of the molecule is Nc1nnc(N)c2c1C=CCC=C2. The van der Waals surface area contributed by atoms with Crippen molar-refractivity contribution in [2.24, 2.45) is 0 Å². The van der Waals surface area contributed by atoms with E-state index in [1.165, 1.54) is 0 Å². The number of allylic oxidation sites excluding steroid dienone is 2. The molecule has 0 saturated carbocycles. The van der Waals surface area contributed by atoms with Crippen LogP contribution in [0.4, 0.5) is 11.6 Å². The number of fused-ring (bicyclic) bond motifs is 1. The van der Waals surface area contributed by atoms with Crippen LogP contribution in [0.1, 0.15) is 17.5 Å². The summed E-state index contributed by atoms with van der Waals surface area (Å²) in [4.78, 5) is 0. The molecule has 1 aliphatic carbocycles. The number of nitrogens with two attached hydrogens (primary N) is 2. The molecule has 1 aliphatic rings. The van der Waals surface area contributed by atoms with E-state index in [4.69, 9.17) is 11.5 Å². The Kier molecular flexibility index (Phi) is 1.73. The zero-order valence-electron chi connectivity index (χ0n) is 7.07. The topological polar surface area (TPSA) is 77.8 Å². The number of hydrogen-bond acceptors (Lipinski definition) is 4. The van der Waals surface area contributed by atoms with E-state index < -0.39 is 0 Å². The van der Waals surface area contributed by atoms with Gasteiger partial charge in [-0.3, -0.25) is 0 Å². The average Bonchev–Trinajstić information content (AvgIpc) is 2.37. The summed E-state index contributed by atoms with van der Waals surface area (Å²) in [7, 11) is 0. The smallest absolute Gasteiger partial charge is 0.154 e. The molecule has 0 aliphatic heterocycles. The molecule has 0 amide bonds. The van der Waals surface area contributed by atoms with Crippen molar-refractivity contribution in [1.29, 1.82) is 0 Å². The van der Waals surface area contributed by atoms with E-state index in [1.54, 1.807) is 0 Å². The van der Waals surface area contributed by atoms with Gasteiger partial charge in [0.15, 0.2) is 11.6 Å². The predicted octanol–water partition coefficient (Wildman–Crippen LogP) is 1.07. The van der Waals surface area contributed by atoms with Gasteiger partial charge in [0.2, 0.25) is 0 Å². The third-order valence-electron chi connectivity index (χ3n) is 1.95. The van der Waals surface area contributed by atoms with Crippen LogP contribution >= 0.6 is 0 Å². The Morgan fingerprint density at radius 1 is 0.923 bits per heavy atom. The Morgan fingerprint density at radius 3 is 1.85 bits per heavy atom. The first-order chi connectivity index (χ1) is 6.29. The summed E-state index contributed by atoms with van der Waals surface area (Å²) >= 11 is 0. The molecule has 0 spiro atoms. The van der Waals surface area contributed by atoms with Crippen molar-refractivity contribution in [3.8, 4) is 0 Å². The number of hydrogen-bond donors (Lipinski definition) is 2. The highest BCUT2D eigenvalue weighted by atomic mass is 15.2. The molecule has 4 heteroatoms. The summed E-state index contributed by atoms with van der Waals surface area (Å²) in [5, 5.41) is 7.50. The number of aromatic nitrogens is 2. The van der Waals surface area contributed by atoms with E-state index in [0.717, 1.165) is 17.5 Å². The maximum atomic E-state index is 5.67. The third-order valence-corrected chi connectivity index (χ3v) is 1.95. The van der Waals surface area contributed by atoms with Gasteiger partial charge in [0, 0.05) is 11.1 Å². The van der Waals surface area contributed by atoms with E-state index in [9.17, 15) is 0 Å². The molecule has 1 aromatic heterocycles. The van der Waals surface area contributed by atoms with Gasteiger partial charge < -0.3 is 11.5 Å². The summed E-state index contributed by atoms with van der Waals surface area (Å²) in [6.45, 7) is 0. The lowest BCUT2D eigenvalue weighted by Crippen LogP contribution is -2.04. The van der Waals surface area contributed by atoms with Crippen LogP contribution in [0.3, 0.4) is 0 Å². The van der Waals surface area contributed by atoms with Gasteiger partial charge >= 0.3 is 0 Å². The predicted molar refractivity (Wildman–Crippen MR) is 53.5 cm³/mol. The maximum Gasteiger partial charge on any atom is 0.154 e. The minimum atomic E-state index is 0.423. The van der Waals surface area contributed by atoms with Gasteiger partial charge in [0.1, 0.15) is 0 Å². The maximum absolute atomic E-state index is 5.67. The van der Waals surface area contributed by atoms with E-state index in [-0.39, 0.29) is 0 Å². The van der Waals surface area contributed by atoms with Crippen LogP contribution in [-0.4, -0.2) is 10.2 Å². The second-order valence-corrected chi connectivity index (χ2v) is 2.84. The molecule has 4 N–H and O–H groups in total. The molecule has 0 bridgehead atoms. The molecule has 2 rings (SSSR count). The molecule has 0 aromatic carbocycles. The largest absolute Gasteiger partial charge is 0.382 e. The lowest BCUT2D eigenvalue weighted by atomic mass is 10.1. The first-order valence-electron chi connectivity index (χ1n) is 4.04. The average molecular weight is 174 g/mol. The lowest BCUT2D eigenvalue weighted by molar-refractivity contribution is 1.05. The van der Waals surface area contributed by atoms with Gasteiger partial charge in [-0.2, -0.15) is 0 Å². The highest BCUT2D eigenvalue weighted by molar-refractivity contribution is 5.78. The highest BCUT2D eigenvalue weighted by Crippen LogP contribution is 2.24. The standard InChI is InChI=1S/C9H10N4/c10-8-6-4-2-1-3-5-7(6)9(11)13-12-8/h2-5H,1H2,(H2,10,12)(H2,11,13). The normalized spacial score (nSPS) is 13.8. The van der Waals surface area contributed by atoms with Crippen molar-refractivity contribution < 1.29 is 0 Å². The number of nitrogen functional groups attached to an aromatic ring is 2. The summed E-state index contributed by atoms with van der Waals surface area (Å²) < 4.78 is 0. The molecular formula is C9H10N4. The molecule has 13 heavy (non-hydrogen) atoms. The molecule has 1 heterocycles. The van der Waals surface area contributed by atoms with Crippen molar-refractivity contribution >= 4 is 23.8 Å². The summed E-state index contributed by atoms with van der Waals surface area (Å²) in [5.74, 6) is 0.846. The van der Waals surface area contributed by atoms with Crippen molar-refractivity contribution in [1.82, 2.24) is 10.2 Å². The molecule has 1 aromatic rings. The van der Waals surface area contributed by atoms with Crippen LogP contribution < -0.4 is 11.5 Å². The Bertz CT molecular complexity index is 356. The van der Waals surface area contributed by atoms with Gasteiger partial charge in [-0.1, -0.05) is 24.3 Å². The number of anilines is 2. The van der Waals surface area contributed by atoms with Crippen molar-refractivity contribution in [2.45, 2.75) is 6.42 Å². The number of rotatable bonds is 0. The van der Waals surface area contributed by atoms with Crippen molar-refractivity contribution in [3.05, 3.63) is 23.3 Å². The van der Waals surface area contributed by atoms with Crippen molar-refractivity contribution in [2.75, 3.05) is 11.5 Å². The molecule has 66 valence electrons. The Hall–Kier alpha value is -1.84. The molecule has 4 nitrogen and oxygen atoms in total. The van der Waals surface area contributed by atoms with Crippen molar-refractivity contribution in [3.63, 3.8) is 0 Å². The van der Waals surface area contributed by atoms with E-state index in [2.05, 4.69) is 10.2 Å². The fourth-order valence-electron chi connectivity index (χ4n) is 1.29. The molecule has 0 unspecified atom stereocenters. The van der Waals surface area contributed by atoms with Crippen LogP contribution in [0, 0.1) is 0 Å². The zero-order valence-corrected chi connectivity index (χ0v) is 7.07. The minimum absolute atomic E-state index is 0.423. The van der Waals surface area contributed by atoms with Crippen LogP contribution in [-0.2, 0) is 0 Å². The Balaban J connectivity index is 2.71. The third kappa shape index (κ3) is 1.26. The molecular weight excluding hydrogens is 164 g/mol. The lowest BCUT2D eigenvalue weighted by Gasteiger charge is -2.04. The first-order valence-corrected chi connectivity index (χ1v) is 4.04. The van der Waals surface area contributed by atoms with Gasteiger partial charge in [-0.25, -0.2) is 0 Å². The van der Waals surface area contributed by atoms with E-state index >= 15 is 0 Å². The monoisotopic (exact) mass is 174 g/mol. The van der Waals surface area contributed by atoms with Gasteiger partial charge in [-0.05, 0) is 6.42 Å². The second-order valence-electron chi connectivity index (χ2n) is 2.84. The van der Waals surface area contributed by atoms with Crippen LogP contribution in [0.2, 0.25) is 0 Å². The fraction of sp³-hybridized carbons (Fsp3) is 0.111. The fourth-order valence-corrected chi connectivity index (χ4v) is 1.29. The Morgan fingerprint density at radius 2 is 1.38 bits per heavy atom. The molecule has 0 atom stereocenters. The highest BCUT2D eigenvalue weighted by Gasteiger charge is 2.08. The second kappa shape index (κ2) is 2.90. The van der Waals surface area contributed by atoms with Crippen LogP contribution in [0.5, 0.6) is 0 Å². The quantitative estimate of drug-likeness (QED) is 0.616. The minimum Gasteiger partial charge on any atom is -0.382 e. The van der Waals surface area contributed by atoms with Crippen LogP contribution in [0.25, 0.3) is 12.2 Å². The van der Waals surface area contributed by atoms with Crippen LogP contribution in [0.15, 0.2) is 12.2 Å². The van der Waals surface area contributed by atoms with Gasteiger partial charge in [-0.15, -0.1) is 10.2 Å². The Labute approximate surface area is 76.0 Å². The van der Waals surface area contributed by atoms with E-state index in [1.807, 2.05) is 24.3 Å². The summed E-state index contributed by atoms with van der Waals surface area (Å²) in [5.41, 5.74) is 13.1. The van der Waals surface area contributed by atoms with Gasteiger partial charge in [0.05, 0.1) is 0 Å². The van der Waals surface area contributed by atoms with E-state index in [0.29, 0.717) is 11.6 Å². The first kappa shape index (κ1) is 7.79. The van der Waals surface area contributed by atoms with Gasteiger partial charge in [0.25, 0.3) is 0 Å². The molecule has 0 radical (unpaired) electrons. The zero-order chi connectivity index (χ0) is 9.26. The summed E-state index contributed by atoms with van der Waals surface area (Å²) in [6.07, 6.45) is 8.76. The molecule has 0 fully saturated rings. The molecule has 0 saturated heterocycles. The number of nitrogens with zero attached hydrogens (tertiary/aromatic N) is 2.